The molecule has 1 aromatic rings. The fourth-order valence-corrected chi connectivity index (χ4v) is 2.16. The van der Waals surface area contributed by atoms with E-state index in [2.05, 4.69) is 22.8 Å². The number of aromatic amines is 1. The molecule has 0 saturated heterocycles. The van der Waals surface area contributed by atoms with Gasteiger partial charge in [0, 0.05) is 5.69 Å². The molecule has 0 amide bonds. The summed E-state index contributed by atoms with van der Waals surface area (Å²) in [7, 11) is 0. The van der Waals surface area contributed by atoms with Crippen LogP contribution >= 0.6 is 12.6 Å². The van der Waals surface area contributed by atoms with Crippen LogP contribution in [-0.4, -0.2) is 16.0 Å². The molecule has 1 N–H and O–H groups in total. The fraction of sp³-hybridized carbons (Fsp3) is 0.700. The summed E-state index contributed by atoms with van der Waals surface area (Å²) in [5, 5.41) is 7.54. The minimum Gasteiger partial charge on any atom is -0.282 e. The Morgan fingerprint density at radius 2 is 2.15 bits per heavy atom. The molecule has 0 saturated carbocycles. The second kappa shape index (κ2) is 4.18. The van der Waals surface area contributed by atoms with Gasteiger partial charge in [0.05, 0.1) is 5.69 Å². The van der Waals surface area contributed by atoms with Gasteiger partial charge in [-0.1, -0.05) is 0 Å². The molecule has 2 nitrogen and oxygen atoms in total. The highest BCUT2D eigenvalue weighted by Crippen LogP contribution is 2.22. The molecule has 1 heterocycles. The normalized spacial score (nSPS) is 15.8. The van der Waals surface area contributed by atoms with Gasteiger partial charge in [-0.15, -0.1) is 0 Å². The van der Waals surface area contributed by atoms with Crippen LogP contribution in [-0.2, 0) is 19.3 Å². The molecule has 3 heteroatoms. The van der Waals surface area contributed by atoms with E-state index in [1.54, 1.807) is 0 Å². The number of hydrogen-bond acceptors (Lipinski definition) is 2. The van der Waals surface area contributed by atoms with E-state index in [-0.39, 0.29) is 0 Å². The number of aromatic nitrogens is 2. The van der Waals surface area contributed by atoms with E-state index < -0.39 is 0 Å². The average molecular weight is 196 g/mol. The third kappa shape index (κ3) is 1.90. The Bertz CT molecular complexity index is 280. The molecule has 1 aliphatic rings. The van der Waals surface area contributed by atoms with Crippen LogP contribution in [0.3, 0.4) is 0 Å². The minimum atomic E-state index is 0.960. The SMILES string of the molecule is SCCCc1n[nH]c2c1CCCC2. The first kappa shape index (κ1) is 9.13. The van der Waals surface area contributed by atoms with E-state index in [9.17, 15) is 0 Å². The first-order chi connectivity index (χ1) is 6.42. The Kier molecular flexibility index (Phi) is 2.94. The van der Waals surface area contributed by atoms with Crippen molar-refractivity contribution in [2.24, 2.45) is 0 Å². The highest BCUT2D eigenvalue weighted by atomic mass is 32.1. The Balaban J connectivity index is 2.12. The van der Waals surface area contributed by atoms with Crippen molar-refractivity contribution in [3.05, 3.63) is 17.0 Å². The summed E-state index contributed by atoms with van der Waals surface area (Å²) in [5.41, 5.74) is 4.19. The summed E-state index contributed by atoms with van der Waals surface area (Å²) in [5.74, 6) is 0.960. The van der Waals surface area contributed by atoms with E-state index in [0.717, 1.165) is 18.6 Å². The molecular weight excluding hydrogens is 180 g/mol. The van der Waals surface area contributed by atoms with Crippen LogP contribution in [0.2, 0.25) is 0 Å². The molecule has 0 fully saturated rings. The van der Waals surface area contributed by atoms with Crippen LogP contribution in [0.5, 0.6) is 0 Å². The van der Waals surface area contributed by atoms with Gasteiger partial charge in [0.15, 0.2) is 0 Å². The molecule has 0 aromatic carbocycles. The lowest BCUT2D eigenvalue weighted by Crippen LogP contribution is -2.02. The monoisotopic (exact) mass is 196 g/mol. The fourth-order valence-electron chi connectivity index (χ4n) is 2.00. The van der Waals surface area contributed by atoms with Crippen molar-refractivity contribution in [2.75, 3.05) is 5.75 Å². The quantitative estimate of drug-likeness (QED) is 0.713. The second-order valence-corrected chi connectivity index (χ2v) is 4.11. The lowest BCUT2D eigenvalue weighted by atomic mass is 9.95. The van der Waals surface area contributed by atoms with Crippen LogP contribution in [0.25, 0.3) is 0 Å². The van der Waals surface area contributed by atoms with E-state index in [4.69, 9.17) is 0 Å². The molecule has 0 unspecified atom stereocenters. The number of H-pyrrole nitrogens is 1. The largest absolute Gasteiger partial charge is 0.282 e. The molecular formula is C10H16N2S. The number of rotatable bonds is 3. The van der Waals surface area contributed by atoms with Crippen LogP contribution in [0, 0.1) is 0 Å². The van der Waals surface area contributed by atoms with Crippen molar-refractivity contribution in [1.29, 1.82) is 0 Å². The molecule has 0 atom stereocenters. The molecule has 2 rings (SSSR count). The Morgan fingerprint density at radius 3 is 3.00 bits per heavy atom. The molecule has 72 valence electrons. The van der Waals surface area contributed by atoms with Crippen molar-refractivity contribution in [2.45, 2.75) is 38.5 Å². The third-order valence-electron chi connectivity index (χ3n) is 2.71. The molecule has 0 aliphatic heterocycles. The first-order valence-corrected chi connectivity index (χ1v) is 5.71. The first-order valence-electron chi connectivity index (χ1n) is 5.07. The van der Waals surface area contributed by atoms with Crippen molar-refractivity contribution in [3.8, 4) is 0 Å². The maximum atomic E-state index is 4.38. The van der Waals surface area contributed by atoms with Crippen LogP contribution in [0.15, 0.2) is 0 Å². The van der Waals surface area contributed by atoms with Crippen molar-refractivity contribution in [1.82, 2.24) is 10.2 Å². The average Bonchev–Trinajstić information content (AvgIpc) is 2.58. The Labute approximate surface area is 84.5 Å². The van der Waals surface area contributed by atoms with Gasteiger partial charge in [-0.05, 0) is 49.8 Å². The van der Waals surface area contributed by atoms with Crippen molar-refractivity contribution in [3.63, 3.8) is 0 Å². The lowest BCUT2D eigenvalue weighted by molar-refractivity contribution is 0.671. The van der Waals surface area contributed by atoms with Crippen LogP contribution in [0.4, 0.5) is 0 Å². The maximum Gasteiger partial charge on any atom is 0.0657 e. The van der Waals surface area contributed by atoms with E-state index in [1.807, 2.05) is 0 Å². The summed E-state index contributed by atoms with van der Waals surface area (Å²) in [6.45, 7) is 0. The molecule has 1 aliphatic carbocycles. The molecule has 0 bridgehead atoms. The van der Waals surface area contributed by atoms with E-state index in [0.29, 0.717) is 0 Å². The van der Waals surface area contributed by atoms with Crippen LogP contribution < -0.4 is 0 Å². The number of aryl methyl sites for hydroxylation is 2. The van der Waals surface area contributed by atoms with Gasteiger partial charge in [0.25, 0.3) is 0 Å². The smallest absolute Gasteiger partial charge is 0.0657 e. The van der Waals surface area contributed by atoms with Gasteiger partial charge >= 0.3 is 0 Å². The zero-order chi connectivity index (χ0) is 9.10. The number of fused-ring (bicyclic) bond motifs is 1. The predicted molar refractivity (Wildman–Crippen MR) is 57.4 cm³/mol. The predicted octanol–water partition coefficient (Wildman–Crippen LogP) is 2.15. The summed E-state index contributed by atoms with van der Waals surface area (Å²) in [6, 6.07) is 0. The van der Waals surface area contributed by atoms with Crippen LogP contribution in [0.1, 0.15) is 36.2 Å². The van der Waals surface area contributed by atoms with Gasteiger partial charge in [-0.2, -0.15) is 17.7 Å². The lowest BCUT2D eigenvalue weighted by Gasteiger charge is -2.10. The number of nitrogens with one attached hydrogen (secondary N) is 1. The van der Waals surface area contributed by atoms with E-state index in [1.165, 1.54) is 42.6 Å². The van der Waals surface area contributed by atoms with E-state index >= 15 is 0 Å². The van der Waals surface area contributed by atoms with Gasteiger partial charge in [-0.3, -0.25) is 5.10 Å². The maximum absolute atomic E-state index is 4.38. The van der Waals surface area contributed by atoms with Gasteiger partial charge in [-0.25, -0.2) is 0 Å². The van der Waals surface area contributed by atoms with Gasteiger partial charge in [0.1, 0.15) is 0 Å². The summed E-state index contributed by atoms with van der Waals surface area (Å²) >= 11 is 4.22. The second-order valence-electron chi connectivity index (χ2n) is 3.66. The van der Waals surface area contributed by atoms with Gasteiger partial charge in [0.2, 0.25) is 0 Å². The molecule has 13 heavy (non-hydrogen) atoms. The zero-order valence-electron chi connectivity index (χ0n) is 7.84. The summed E-state index contributed by atoms with van der Waals surface area (Å²) in [6.07, 6.45) is 7.31. The molecule has 0 spiro atoms. The van der Waals surface area contributed by atoms with Crippen molar-refractivity contribution < 1.29 is 0 Å². The summed E-state index contributed by atoms with van der Waals surface area (Å²) < 4.78 is 0. The Morgan fingerprint density at radius 1 is 1.31 bits per heavy atom. The third-order valence-corrected chi connectivity index (χ3v) is 3.03. The number of hydrogen-bond donors (Lipinski definition) is 2. The number of thiol groups is 1. The molecule has 1 aromatic heterocycles. The topological polar surface area (TPSA) is 28.7 Å². The Hall–Kier alpha value is -0.440. The van der Waals surface area contributed by atoms with Gasteiger partial charge < -0.3 is 0 Å². The van der Waals surface area contributed by atoms with Crippen molar-refractivity contribution >= 4 is 12.6 Å². The highest BCUT2D eigenvalue weighted by molar-refractivity contribution is 7.80. The highest BCUT2D eigenvalue weighted by Gasteiger charge is 2.15. The standard InChI is InChI=1S/C10H16N2S/c13-7-3-6-10-8-4-1-2-5-9(8)11-12-10/h13H,1-7H2,(H,11,12). The molecule has 0 radical (unpaired) electrons. The number of nitrogens with zero attached hydrogens (tertiary/aromatic N) is 1. The minimum absolute atomic E-state index is 0.960. The zero-order valence-corrected chi connectivity index (χ0v) is 8.74. The summed E-state index contributed by atoms with van der Waals surface area (Å²) in [4.78, 5) is 0.